The zero-order chi connectivity index (χ0) is 8.53. The van der Waals surface area contributed by atoms with Gasteiger partial charge in [0.15, 0.2) is 0 Å². The molecule has 0 spiro atoms. The first kappa shape index (κ1) is 10.7. The van der Waals surface area contributed by atoms with Crippen LogP contribution in [0.5, 0.6) is 0 Å². The standard InChI is InChI=1S/C7H8O.H2O.O.Ti/c8-6-7-4-2-1-3-5-7;;;/h1-5,8H,6H2;1H2;;/q;;;+1/p-1. The van der Waals surface area contributed by atoms with Crippen LogP contribution in [-0.2, 0) is 29.4 Å². The van der Waals surface area contributed by atoms with Gasteiger partial charge in [-0.25, -0.2) is 0 Å². The number of rotatable bonds is 1. The molecule has 1 rings (SSSR count). The molecule has 0 aromatic heterocycles. The van der Waals surface area contributed by atoms with Crippen molar-refractivity contribution >= 4 is 0 Å². The van der Waals surface area contributed by atoms with Crippen LogP contribution in [-0.4, -0.2) is 8.79 Å². The van der Waals surface area contributed by atoms with E-state index in [1.54, 1.807) is 0 Å². The van der Waals surface area contributed by atoms with Crippen molar-refractivity contribution < 1.29 is 31.6 Å². The Morgan fingerprint density at radius 2 is 1.73 bits per heavy atom. The van der Waals surface area contributed by atoms with E-state index in [2.05, 4.69) is 0 Å². The van der Waals surface area contributed by atoms with Crippen LogP contribution in [0, 0.1) is 0 Å². The second kappa shape index (κ2) is 7.76. The summed E-state index contributed by atoms with van der Waals surface area (Å²) in [4.78, 5) is 0. The van der Waals surface area contributed by atoms with E-state index in [1.165, 1.54) is 0 Å². The van der Waals surface area contributed by atoms with Gasteiger partial charge in [-0.2, -0.15) is 0 Å². The molecule has 1 aromatic carbocycles. The summed E-state index contributed by atoms with van der Waals surface area (Å²) in [6.45, 7) is 0.140. The van der Waals surface area contributed by atoms with E-state index < -0.39 is 19.5 Å². The van der Waals surface area contributed by atoms with Crippen molar-refractivity contribution in [3.05, 3.63) is 35.9 Å². The fourth-order valence-corrected chi connectivity index (χ4v) is 0.583. The fraction of sp³-hybridized carbons (Fsp3) is 0.143. The number of hydrogen-bond donors (Lipinski definition) is 2. The molecule has 0 amide bonds. The van der Waals surface area contributed by atoms with E-state index in [-0.39, 0.29) is 6.61 Å². The molecule has 0 aliphatic rings. The Kier molecular flexibility index (Phi) is 7.51. The van der Waals surface area contributed by atoms with Crippen LogP contribution >= 0.6 is 0 Å². The van der Waals surface area contributed by atoms with Crippen LogP contribution in [0.2, 0.25) is 0 Å². The average molecular weight is 189 g/mol. The summed E-state index contributed by atoms with van der Waals surface area (Å²) in [6.07, 6.45) is 0. The van der Waals surface area contributed by atoms with Crippen LogP contribution < -0.4 is 0 Å². The normalized spacial score (nSPS) is 7.45. The first-order valence-electron chi connectivity index (χ1n) is 3.01. The van der Waals surface area contributed by atoms with E-state index in [0.717, 1.165) is 5.56 Å². The number of aliphatic hydroxyl groups excluding tert-OH is 1. The van der Waals surface area contributed by atoms with Gasteiger partial charge >= 0.3 is 26.5 Å². The topological polar surface area (TPSA) is 57.5 Å². The molecule has 0 atom stereocenters. The van der Waals surface area contributed by atoms with Gasteiger partial charge in [-0.3, -0.25) is 0 Å². The first-order valence-corrected chi connectivity index (χ1v) is 4.34. The summed E-state index contributed by atoms with van der Waals surface area (Å²) in [6, 6.07) is 9.52. The molecule has 0 saturated carbocycles. The van der Waals surface area contributed by atoms with Gasteiger partial charge in [0.1, 0.15) is 0 Å². The summed E-state index contributed by atoms with van der Waals surface area (Å²) in [5.74, 6) is 0. The van der Waals surface area contributed by atoms with Crippen LogP contribution in [0.3, 0.4) is 0 Å². The SMILES string of the molecule is OCc1ccccc1.[O]=[Ti][OH]. The van der Waals surface area contributed by atoms with Gasteiger partial charge in [-0.15, -0.1) is 0 Å². The van der Waals surface area contributed by atoms with Crippen LogP contribution in [0.15, 0.2) is 30.3 Å². The quantitative estimate of drug-likeness (QED) is 0.632. The fourth-order valence-electron chi connectivity index (χ4n) is 0.583. The van der Waals surface area contributed by atoms with Gasteiger partial charge in [0.05, 0.1) is 6.61 Å². The third kappa shape index (κ3) is 6.07. The molecule has 2 N–H and O–H groups in total. The minimum atomic E-state index is -1.75. The van der Waals surface area contributed by atoms with Crippen molar-refractivity contribution in [3.8, 4) is 0 Å². The molecular weight excluding hydrogens is 180 g/mol. The minimum absolute atomic E-state index is 0.140. The molecule has 0 radical (unpaired) electrons. The van der Waals surface area contributed by atoms with Crippen LogP contribution in [0.4, 0.5) is 0 Å². The second-order valence-corrected chi connectivity index (χ2v) is 2.02. The van der Waals surface area contributed by atoms with Gasteiger partial charge in [-0.05, 0) is 5.56 Å². The average Bonchev–Trinajstić information content (AvgIpc) is 2.08. The summed E-state index contributed by atoms with van der Waals surface area (Å²) >= 11 is -1.75. The molecule has 3 nitrogen and oxygen atoms in total. The van der Waals surface area contributed by atoms with Crippen molar-refractivity contribution in [2.24, 2.45) is 0 Å². The van der Waals surface area contributed by atoms with Crippen molar-refractivity contribution in [2.45, 2.75) is 6.61 Å². The van der Waals surface area contributed by atoms with Crippen LogP contribution in [0.25, 0.3) is 0 Å². The molecule has 0 saturated heterocycles. The molecule has 11 heavy (non-hydrogen) atoms. The third-order valence-electron chi connectivity index (χ3n) is 1.03. The summed E-state index contributed by atoms with van der Waals surface area (Å²) < 4.78 is 15.8. The zero-order valence-corrected chi connectivity index (χ0v) is 7.46. The molecule has 0 heterocycles. The van der Waals surface area contributed by atoms with Crippen molar-refractivity contribution in [1.82, 2.24) is 0 Å². The van der Waals surface area contributed by atoms with E-state index >= 15 is 0 Å². The summed E-state index contributed by atoms with van der Waals surface area (Å²) in [5, 5.41) is 8.54. The first-order chi connectivity index (χ1) is 5.35. The molecule has 0 fully saturated rings. The van der Waals surface area contributed by atoms with Crippen molar-refractivity contribution in [3.63, 3.8) is 0 Å². The maximum absolute atomic E-state index is 8.61. The van der Waals surface area contributed by atoms with E-state index in [9.17, 15) is 0 Å². The molecule has 1 aromatic rings. The predicted octanol–water partition coefficient (Wildman–Crippen LogP) is 0.501. The molecule has 59 valence electrons. The summed E-state index contributed by atoms with van der Waals surface area (Å²) in [7, 11) is 0. The molecule has 4 heteroatoms. The van der Waals surface area contributed by atoms with E-state index in [4.69, 9.17) is 12.1 Å². The van der Waals surface area contributed by atoms with Gasteiger partial charge in [-0.1, -0.05) is 30.3 Å². The molecule has 0 unspecified atom stereocenters. The predicted molar refractivity (Wildman–Crippen MR) is 35.3 cm³/mol. The number of hydrogen-bond acceptors (Lipinski definition) is 2. The van der Waals surface area contributed by atoms with E-state index in [1.807, 2.05) is 30.3 Å². The Hall–Kier alpha value is -0.346. The van der Waals surface area contributed by atoms with Gasteiger partial charge in [0.2, 0.25) is 0 Å². The Bertz CT molecular complexity index is 188. The maximum atomic E-state index is 8.61. The monoisotopic (exact) mass is 189 g/mol. The Morgan fingerprint density at radius 3 is 2.00 bits per heavy atom. The van der Waals surface area contributed by atoms with Gasteiger partial charge in [0.25, 0.3) is 0 Å². The molecular formula is C7H9O3Ti. The molecule has 0 aliphatic heterocycles. The Morgan fingerprint density at radius 1 is 1.27 bits per heavy atom. The van der Waals surface area contributed by atoms with Crippen LogP contribution in [0.1, 0.15) is 5.56 Å². The van der Waals surface area contributed by atoms with Gasteiger partial charge in [0, 0.05) is 0 Å². The molecule has 0 bridgehead atoms. The third-order valence-corrected chi connectivity index (χ3v) is 1.03. The van der Waals surface area contributed by atoms with Gasteiger partial charge < -0.3 is 5.11 Å². The Labute approximate surface area is 74.4 Å². The van der Waals surface area contributed by atoms with E-state index in [0.29, 0.717) is 0 Å². The number of benzene rings is 1. The number of aliphatic hydroxyl groups is 1. The second-order valence-electron chi connectivity index (χ2n) is 1.73. The summed E-state index contributed by atoms with van der Waals surface area (Å²) in [5.41, 5.74) is 0.965. The molecule has 0 aliphatic carbocycles. The van der Waals surface area contributed by atoms with Crippen molar-refractivity contribution in [2.75, 3.05) is 0 Å². The van der Waals surface area contributed by atoms with Crippen molar-refractivity contribution in [1.29, 1.82) is 0 Å². The Balaban J connectivity index is 0.000000292. The zero-order valence-electron chi connectivity index (χ0n) is 5.90.